The molecule has 2 aliphatic carbocycles. The lowest BCUT2D eigenvalue weighted by Crippen LogP contribution is -2.42. The number of hydrogen-bond acceptors (Lipinski definition) is 3. The Morgan fingerprint density at radius 3 is 2.45 bits per heavy atom. The van der Waals surface area contributed by atoms with Crippen molar-refractivity contribution in [3.63, 3.8) is 0 Å². The zero-order valence-electron chi connectivity index (χ0n) is 10.6. The number of amides is 1. The quantitative estimate of drug-likeness (QED) is 0.853. The maximum atomic E-state index is 12.4. The van der Waals surface area contributed by atoms with Crippen molar-refractivity contribution in [1.82, 2.24) is 0 Å². The number of carbonyl (C=O) groups is 2. The van der Waals surface area contributed by atoms with E-state index < -0.39 is 17.8 Å². The molecule has 0 spiro atoms. The Kier molecular flexibility index (Phi) is 3.38. The molecule has 1 aromatic rings. The van der Waals surface area contributed by atoms with E-state index in [1.54, 1.807) is 6.07 Å². The van der Waals surface area contributed by atoms with Crippen molar-refractivity contribution in [2.75, 3.05) is 5.32 Å². The molecular formula is C15H13BrNO3-. The van der Waals surface area contributed by atoms with E-state index in [9.17, 15) is 14.7 Å². The first-order chi connectivity index (χ1) is 9.58. The van der Waals surface area contributed by atoms with E-state index in [4.69, 9.17) is 0 Å². The number of halogens is 1. The second kappa shape index (κ2) is 5.05. The van der Waals surface area contributed by atoms with Gasteiger partial charge in [-0.25, -0.2) is 0 Å². The molecule has 0 saturated heterocycles. The summed E-state index contributed by atoms with van der Waals surface area (Å²) in [7, 11) is 0. The summed E-state index contributed by atoms with van der Waals surface area (Å²) >= 11 is 3.36. The Morgan fingerprint density at radius 2 is 1.80 bits per heavy atom. The fourth-order valence-corrected chi connectivity index (χ4v) is 3.66. The van der Waals surface area contributed by atoms with Gasteiger partial charge < -0.3 is 15.2 Å². The van der Waals surface area contributed by atoms with Gasteiger partial charge in [0, 0.05) is 16.4 Å². The molecule has 1 amide bonds. The average molecular weight is 335 g/mol. The van der Waals surface area contributed by atoms with Crippen LogP contribution in [0, 0.1) is 23.7 Å². The maximum absolute atomic E-state index is 12.4. The molecule has 1 N–H and O–H groups in total. The van der Waals surface area contributed by atoms with Crippen molar-refractivity contribution >= 4 is 33.5 Å². The van der Waals surface area contributed by atoms with Crippen LogP contribution < -0.4 is 10.4 Å². The minimum atomic E-state index is -1.13. The van der Waals surface area contributed by atoms with Crippen molar-refractivity contribution in [2.45, 2.75) is 6.42 Å². The van der Waals surface area contributed by atoms with Crippen LogP contribution in [0.4, 0.5) is 5.69 Å². The molecule has 4 nitrogen and oxygen atoms in total. The van der Waals surface area contributed by atoms with Gasteiger partial charge in [0.1, 0.15) is 0 Å². The van der Waals surface area contributed by atoms with Crippen LogP contribution in [-0.4, -0.2) is 11.9 Å². The number of allylic oxidation sites excluding steroid dienone is 2. The highest BCUT2D eigenvalue weighted by Gasteiger charge is 2.48. The summed E-state index contributed by atoms with van der Waals surface area (Å²) in [4.78, 5) is 23.7. The van der Waals surface area contributed by atoms with Crippen LogP contribution in [0.2, 0.25) is 0 Å². The predicted octanol–water partition coefficient (Wildman–Crippen LogP) is 1.58. The van der Waals surface area contributed by atoms with Crippen LogP contribution in [0.15, 0.2) is 40.9 Å². The fourth-order valence-electron chi connectivity index (χ4n) is 3.28. The topological polar surface area (TPSA) is 69.2 Å². The third-order valence-corrected chi connectivity index (χ3v) is 4.86. The summed E-state index contributed by atoms with van der Waals surface area (Å²) in [5, 5.41) is 14.1. The van der Waals surface area contributed by atoms with E-state index in [1.807, 2.05) is 30.4 Å². The second-order valence-electron chi connectivity index (χ2n) is 5.29. The van der Waals surface area contributed by atoms with Gasteiger partial charge in [-0.1, -0.05) is 24.3 Å². The summed E-state index contributed by atoms with van der Waals surface area (Å²) in [6, 6.07) is 7.27. The lowest BCUT2D eigenvalue weighted by Gasteiger charge is -2.27. The van der Waals surface area contributed by atoms with E-state index in [0.29, 0.717) is 5.69 Å². The molecule has 0 heterocycles. The fraction of sp³-hybridized carbons (Fsp3) is 0.333. The van der Waals surface area contributed by atoms with E-state index in [2.05, 4.69) is 21.2 Å². The molecule has 0 radical (unpaired) electrons. The Hall–Kier alpha value is -1.62. The van der Waals surface area contributed by atoms with Crippen LogP contribution >= 0.6 is 15.9 Å². The first-order valence-corrected chi connectivity index (χ1v) is 7.32. The Balaban J connectivity index is 1.82. The van der Waals surface area contributed by atoms with Crippen molar-refractivity contribution in [3.05, 3.63) is 40.9 Å². The van der Waals surface area contributed by atoms with Crippen molar-refractivity contribution < 1.29 is 14.7 Å². The number of aliphatic carboxylic acids is 1. The van der Waals surface area contributed by atoms with Crippen molar-refractivity contribution in [1.29, 1.82) is 0 Å². The van der Waals surface area contributed by atoms with E-state index in [1.165, 1.54) is 0 Å². The highest BCUT2D eigenvalue weighted by Crippen LogP contribution is 2.48. The number of carboxylic acid groups (broad SMARTS) is 1. The molecule has 104 valence electrons. The number of hydrogen-bond donors (Lipinski definition) is 1. The number of carboxylic acids is 1. The largest absolute Gasteiger partial charge is 0.550 e. The summed E-state index contributed by atoms with van der Waals surface area (Å²) in [5.41, 5.74) is 0.654. The normalized spacial score (nSPS) is 30.4. The van der Waals surface area contributed by atoms with E-state index >= 15 is 0 Å². The molecule has 1 fully saturated rings. The SMILES string of the molecule is O=C([O-])[C@H]1[C@H](C(=O)Nc2ccccc2Br)[C@H]2C=C[C@H]1C2. The Morgan fingerprint density at radius 1 is 1.15 bits per heavy atom. The first-order valence-electron chi connectivity index (χ1n) is 6.52. The number of carbonyl (C=O) groups excluding carboxylic acids is 2. The number of anilines is 1. The van der Waals surface area contributed by atoms with Crippen molar-refractivity contribution in [2.24, 2.45) is 23.7 Å². The number of para-hydroxylation sites is 1. The molecule has 0 unspecified atom stereocenters. The van der Waals surface area contributed by atoms with Gasteiger partial charge in [-0.3, -0.25) is 4.79 Å². The third kappa shape index (κ3) is 2.16. The molecule has 0 aromatic heterocycles. The lowest BCUT2D eigenvalue weighted by atomic mass is 9.82. The molecule has 0 aliphatic heterocycles. The zero-order chi connectivity index (χ0) is 14.3. The zero-order valence-corrected chi connectivity index (χ0v) is 12.2. The van der Waals surface area contributed by atoms with Gasteiger partial charge in [0.05, 0.1) is 11.6 Å². The molecule has 2 aliphatic rings. The van der Waals surface area contributed by atoms with Gasteiger partial charge in [0.25, 0.3) is 0 Å². The van der Waals surface area contributed by atoms with Gasteiger partial charge in [-0.15, -0.1) is 0 Å². The summed E-state index contributed by atoms with van der Waals surface area (Å²) in [6.07, 6.45) is 4.58. The number of benzene rings is 1. The van der Waals surface area contributed by atoms with Crippen LogP contribution in [0.3, 0.4) is 0 Å². The van der Waals surface area contributed by atoms with Gasteiger partial charge in [-0.2, -0.15) is 0 Å². The number of rotatable bonds is 3. The molecule has 20 heavy (non-hydrogen) atoms. The van der Waals surface area contributed by atoms with Gasteiger partial charge in [0.15, 0.2) is 0 Å². The molecule has 2 bridgehead atoms. The molecular weight excluding hydrogens is 322 g/mol. The minimum absolute atomic E-state index is 0.00499. The summed E-state index contributed by atoms with van der Waals surface area (Å²) in [6.45, 7) is 0. The van der Waals surface area contributed by atoms with Gasteiger partial charge in [0.2, 0.25) is 5.91 Å². The molecule has 3 rings (SSSR count). The third-order valence-electron chi connectivity index (χ3n) is 4.17. The molecule has 1 saturated carbocycles. The lowest BCUT2D eigenvalue weighted by molar-refractivity contribution is -0.313. The Labute approximate surface area is 125 Å². The highest BCUT2D eigenvalue weighted by atomic mass is 79.9. The minimum Gasteiger partial charge on any atom is -0.550 e. The average Bonchev–Trinajstić information content (AvgIpc) is 3.01. The van der Waals surface area contributed by atoms with Gasteiger partial charge >= 0.3 is 0 Å². The second-order valence-corrected chi connectivity index (χ2v) is 6.14. The predicted molar refractivity (Wildman–Crippen MR) is 75.5 cm³/mol. The van der Waals surface area contributed by atoms with Crippen LogP contribution in [0.1, 0.15) is 6.42 Å². The highest BCUT2D eigenvalue weighted by molar-refractivity contribution is 9.10. The maximum Gasteiger partial charge on any atom is 0.228 e. The standard InChI is InChI=1S/C15H14BrNO3/c16-10-3-1-2-4-11(10)17-14(18)12-8-5-6-9(7-8)13(12)15(19)20/h1-6,8-9,12-13H,7H2,(H,17,18)(H,19,20)/p-1/t8-,9-,12+,13+/m0/s1. The summed E-state index contributed by atoms with van der Waals surface area (Å²) < 4.78 is 0.775. The number of fused-ring (bicyclic) bond motifs is 2. The van der Waals surface area contributed by atoms with Crippen LogP contribution in [-0.2, 0) is 9.59 Å². The summed E-state index contributed by atoms with van der Waals surface area (Å²) in [5.74, 6) is -2.70. The first kappa shape index (κ1) is 13.4. The van der Waals surface area contributed by atoms with Crippen LogP contribution in [0.5, 0.6) is 0 Å². The van der Waals surface area contributed by atoms with Gasteiger partial charge in [-0.05, 0) is 46.3 Å². The monoisotopic (exact) mass is 334 g/mol. The molecule has 5 heteroatoms. The van der Waals surface area contributed by atoms with E-state index in [-0.39, 0.29) is 17.7 Å². The molecule has 1 aromatic carbocycles. The van der Waals surface area contributed by atoms with Crippen LogP contribution in [0.25, 0.3) is 0 Å². The molecule has 4 atom stereocenters. The Bertz CT molecular complexity index is 599. The van der Waals surface area contributed by atoms with E-state index in [0.717, 1.165) is 10.9 Å². The smallest absolute Gasteiger partial charge is 0.228 e. The van der Waals surface area contributed by atoms with Crippen molar-refractivity contribution in [3.8, 4) is 0 Å². The number of nitrogens with one attached hydrogen (secondary N) is 1.